The van der Waals surface area contributed by atoms with Crippen molar-refractivity contribution in [2.75, 3.05) is 65.0 Å². The predicted octanol–water partition coefficient (Wildman–Crippen LogP) is 2.93. The van der Waals surface area contributed by atoms with E-state index >= 15 is 0 Å². The van der Waals surface area contributed by atoms with Gasteiger partial charge >= 0.3 is 0 Å². The fourth-order valence-electron chi connectivity index (χ4n) is 3.07. The number of fused-ring (bicyclic) bond motifs is 1. The Balaban J connectivity index is 1.60. The minimum atomic E-state index is 0.605. The number of aromatic nitrogens is 2. The second kappa shape index (κ2) is 11.9. The third-order valence-electron chi connectivity index (χ3n) is 4.85. The standard InChI is InChI=1S/C23H32N8S2/c1-30(2)13-11-24-22(32)26-17-7-5-16(6-8-17)21-28-19-10-9-18(15-20(19)29-21)27-23(33)25-12-14-31(3)4/h5-10,15H,11-14H2,1-4H3,(H,28,29)(H2,24,26,32)(H2,25,27,33). The molecule has 0 unspecified atom stereocenters. The van der Waals surface area contributed by atoms with Gasteiger partial charge in [0.2, 0.25) is 0 Å². The number of nitrogens with zero attached hydrogens (tertiary/aromatic N) is 3. The second-order valence-electron chi connectivity index (χ2n) is 8.26. The van der Waals surface area contributed by atoms with Gasteiger partial charge in [-0.05, 0) is 95.1 Å². The smallest absolute Gasteiger partial charge is 0.170 e. The van der Waals surface area contributed by atoms with Crippen LogP contribution in [0.5, 0.6) is 0 Å². The molecule has 1 heterocycles. The molecule has 3 aromatic rings. The third kappa shape index (κ3) is 7.93. The van der Waals surface area contributed by atoms with Gasteiger partial charge in [-0.1, -0.05) is 0 Å². The first kappa shape index (κ1) is 24.8. The molecule has 0 saturated carbocycles. The number of rotatable bonds is 9. The number of likely N-dealkylation sites (N-methyl/N-ethyl adjacent to an activating group) is 2. The van der Waals surface area contributed by atoms with Crippen molar-refractivity contribution in [3.05, 3.63) is 42.5 Å². The minimum absolute atomic E-state index is 0.605. The van der Waals surface area contributed by atoms with Gasteiger partial charge in [0.1, 0.15) is 5.82 Å². The van der Waals surface area contributed by atoms with E-state index in [9.17, 15) is 0 Å². The monoisotopic (exact) mass is 484 g/mol. The fraction of sp³-hybridized carbons (Fsp3) is 0.348. The lowest BCUT2D eigenvalue weighted by molar-refractivity contribution is 0.413. The number of thiocarbonyl (C=S) groups is 2. The molecular weight excluding hydrogens is 452 g/mol. The van der Waals surface area contributed by atoms with Crippen LogP contribution in [0, 0.1) is 0 Å². The largest absolute Gasteiger partial charge is 0.361 e. The van der Waals surface area contributed by atoms with E-state index < -0.39 is 0 Å². The van der Waals surface area contributed by atoms with E-state index in [2.05, 4.69) is 36.1 Å². The molecule has 8 nitrogen and oxygen atoms in total. The molecule has 3 rings (SSSR count). The third-order valence-corrected chi connectivity index (χ3v) is 5.34. The number of hydrogen-bond acceptors (Lipinski definition) is 5. The van der Waals surface area contributed by atoms with Crippen LogP contribution < -0.4 is 21.3 Å². The molecule has 0 bridgehead atoms. The van der Waals surface area contributed by atoms with Crippen LogP contribution in [0.15, 0.2) is 42.5 Å². The summed E-state index contributed by atoms with van der Waals surface area (Å²) >= 11 is 10.7. The Morgan fingerprint density at radius 1 is 0.818 bits per heavy atom. The van der Waals surface area contributed by atoms with Gasteiger partial charge in [-0.25, -0.2) is 4.98 Å². The van der Waals surface area contributed by atoms with Crippen molar-refractivity contribution >= 4 is 57.1 Å². The highest BCUT2D eigenvalue weighted by atomic mass is 32.1. The Labute approximate surface area is 206 Å². The average Bonchev–Trinajstić information content (AvgIpc) is 3.17. The first-order chi connectivity index (χ1) is 15.8. The molecule has 0 fully saturated rings. The quantitative estimate of drug-likeness (QED) is 0.295. The maximum absolute atomic E-state index is 5.38. The van der Waals surface area contributed by atoms with Crippen LogP contribution in [0.3, 0.4) is 0 Å². The Morgan fingerprint density at radius 3 is 1.94 bits per heavy atom. The number of anilines is 2. The first-order valence-electron chi connectivity index (χ1n) is 10.8. The van der Waals surface area contributed by atoms with Crippen LogP contribution in [-0.2, 0) is 0 Å². The Morgan fingerprint density at radius 2 is 1.36 bits per heavy atom. The highest BCUT2D eigenvalue weighted by molar-refractivity contribution is 7.80. The van der Waals surface area contributed by atoms with Crippen molar-refractivity contribution in [2.45, 2.75) is 0 Å². The van der Waals surface area contributed by atoms with Crippen LogP contribution in [-0.4, -0.2) is 84.4 Å². The lowest BCUT2D eigenvalue weighted by atomic mass is 10.2. The Bertz CT molecular complexity index is 1080. The summed E-state index contributed by atoms with van der Waals surface area (Å²) in [6.07, 6.45) is 0. The highest BCUT2D eigenvalue weighted by Gasteiger charge is 2.08. The van der Waals surface area contributed by atoms with Crippen molar-refractivity contribution in [1.82, 2.24) is 30.4 Å². The van der Waals surface area contributed by atoms with Crippen LogP contribution in [0.2, 0.25) is 0 Å². The molecule has 0 atom stereocenters. The zero-order chi connectivity index (χ0) is 23.8. The highest BCUT2D eigenvalue weighted by Crippen LogP contribution is 2.24. The number of aromatic amines is 1. The van der Waals surface area contributed by atoms with E-state index in [1.807, 2.05) is 70.7 Å². The van der Waals surface area contributed by atoms with E-state index in [1.54, 1.807) is 0 Å². The summed E-state index contributed by atoms with van der Waals surface area (Å²) < 4.78 is 0. The summed E-state index contributed by atoms with van der Waals surface area (Å²) in [7, 11) is 8.13. The second-order valence-corrected chi connectivity index (χ2v) is 9.08. The molecule has 0 aliphatic carbocycles. The normalized spacial score (nSPS) is 11.1. The van der Waals surface area contributed by atoms with Crippen molar-refractivity contribution < 1.29 is 0 Å². The van der Waals surface area contributed by atoms with E-state index in [-0.39, 0.29) is 0 Å². The SMILES string of the molecule is CN(C)CCNC(=S)Nc1ccc(-c2nc3ccc(NC(=S)NCCN(C)C)cc3[nH]2)cc1. The van der Waals surface area contributed by atoms with Gasteiger partial charge in [-0.2, -0.15) is 0 Å². The molecule has 0 aliphatic heterocycles. The zero-order valence-electron chi connectivity index (χ0n) is 19.5. The van der Waals surface area contributed by atoms with Gasteiger partial charge in [0.15, 0.2) is 10.2 Å². The van der Waals surface area contributed by atoms with E-state index in [1.165, 1.54) is 0 Å². The number of imidazole rings is 1. The molecule has 0 aliphatic rings. The number of benzene rings is 2. The maximum Gasteiger partial charge on any atom is 0.170 e. The lowest BCUT2D eigenvalue weighted by Gasteiger charge is -2.13. The summed E-state index contributed by atoms with van der Waals surface area (Å²) in [6, 6.07) is 14.0. The molecule has 0 saturated heterocycles. The summed E-state index contributed by atoms with van der Waals surface area (Å²) in [5.41, 5.74) is 4.68. The van der Waals surface area contributed by atoms with Gasteiger partial charge in [-0.15, -0.1) is 0 Å². The van der Waals surface area contributed by atoms with E-state index in [0.717, 1.165) is 60.0 Å². The van der Waals surface area contributed by atoms with Crippen LogP contribution in [0.25, 0.3) is 22.4 Å². The van der Waals surface area contributed by atoms with Crippen molar-refractivity contribution in [1.29, 1.82) is 0 Å². The van der Waals surface area contributed by atoms with Gasteiger partial charge < -0.3 is 36.1 Å². The van der Waals surface area contributed by atoms with Gasteiger partial charge in [0.05, 0.1) is 11.0 Å². The lowest BCUT2D eigenvalue weighted by Crippen LogP contribution is -2.34. The number of nitrogens with one attached hydrogen (secondary N) is 5. The van der Waals surface area contributed by atoms with Crippen LogP contribution in [0.4, 0.5) is 11.4 Å². The molecular formula is C23H32N8S2. The van der Waals surface area contributed by atoms with Crippen molar-refractivity contribution in [2.24, 2.45) is 0 Å². The molecule has 5 N–H and O–H groups in total. The molecule has 2 aromatic carbocycles. The van der Waals surface area contributed by atoms with E-state index in [4.69, 9.17) is 29.4 Å². The number of hydrogen-bond donors (Lipinski definition) is 5. The van der Waals surface area contributed by atoms with Crippen molar-refractivity contribution in [3.8, 4) is 11.4 Å². The molecule has 0 spiro atoms. The molecule has 33 heavy (non-hydrogen) atoms. The molecule has 176 valence electrons. The van der Waals surface area contributed by atoms with E-state index in [0.29, 0.717) is 10.2 Å². The van der Waals surface area contributed by atoms with Crippen LogP contribution >= 0.6 is 24.4 Å². The Kier molecular flexibility index (Phi) is 8.95. The molecule has 10 heteroatoms. The van der Waals surface area contributed by atoms with Crippen LogP contribution in [0.1, 0.15) is 0 Å². The molecule has 1 aromatic heterocycles. The fourth-order valence-corrected chi connectivity index (χ4v) is 3.51. The first-order valence-corrected chi connectivity index (χ1v) is 11.6. The summed E-state index contributed by atoms with van der Waals surface area (Å²) in [6.45, 7) is 3.42. The van der Waals surface area contributed by atoms with Crippen molar-refractivity contribution in [3.63, 3.8) is 0 Å². The minimum Gasteiger partial charge on any atom is -0.361 e. The van der Waals surface area contributed by atoms with Gasteiger partial charge in [0.25, 0.3) is 0 Å². The topological polar surface area (TPSA) is 83.3 Å². The summed E-state index contributed by atoms with van der Waals surface area (Å²) in [4.78, 5) is 12.3. The van der Waals surface area contributed by atoms with Gasteiger partial charge in [-0.3, -0.25) is 0 Å². The Hall–Kier alpha value is -2.79. The molecule has 0 radical (unpaired) electrons. The summed E-state index contributed by atoms with van der Waals surface area (Å²) in [5.74, 6) is 0.812. The van der Waals surface area contributed by atoms with Gasteiger partial charge in [0, 0.05) is 43.1 Å². The molecule has 0 amide bonds. The average molecular weight is 485 g/mol. The zero-order valence-corrected chi connectivity index (χ0v) is 21.2. The maximum atomic E-state index is 5.38. The summed E-state index contributed by atoms with van der Waals surface area (Å²) in [5, 5.41) is 14.1. The number of H-pyrrole nitrogens is 1. The predicted molar refractivity (Wildman–Crippen MR) is 147 cm³/mol.